The van der Waals surface area contributed by atoms with E-state index in [-0.39, 0.29) is 12.8 Å². The van der Waals surface area contributed by atoms with Gasteiger partial charge in [-0.3, -0.25) is 33.6 Å². The molecule has 0 unspecified atom stereocenters. The van der Waals surface area contributed by atoms with E-state index in [2.05, 4.69) is 31.9 Å². The SMILES string of the molecule is C[C@H](N)C(=O)N[C@H]1CC[C@@H](C(=O)N[C@@H](C)C(N)=O)NC(=O)[C@H](C)NC(=O)CNC(=O)[C@H](C)NC1=O. The number of carbonyl (C=O) groups excluding carboxylic acids is 7. The molecule has 15 heteroatoms. The molecule has 10 N–H and O–H groups in total. The molecule has 0 saturated carbocycles. The van der Waals surface area contributed by atoms with E-state index >= 15 is 0 Å². The first-order chi connectivity index (χ1) is 16.2. The summed E-state index contributed by atoms with van der Waals surface area (Å²) < 4.78 is 0. The molecular formula is C20H34N8O7. The van der Waals surface area contributed by atoms with E-state index in [1.807, 2.05) is 0 Å². The van der Waals surface area contributed by atoms with Gasteiger partial charge in [0.05, 0.1) is 12.6 Å². The summed E-state index contributed by atoms with van der Waals surface area (Å²) in [6.45, 7) is 5.03. The van der Waals surface area contributed by atoms with Crippen molar-refractivity contribution in [3.63, 3.8) is 0 Å². The Labute approximate surface area is 202 Å². The van der Waals surface area contributed by atoms with Gasteiger partial charge in [0.1, 0.15) is 30.2 Å². The van der Waals surface area contributed by atoms with Gasteiger partial charge < -0.3 is 43.4 Å². The van der Waals surface area contributed by atoms with Crippen LogP contribution >= 0.6 is 0 Å². The largest absolute Gasteiger partial charge is 0.368 e. The second kappa shape index (κ2) is 13.2. The van der Waals surface area contributed by atoms with Crippen molar-refractivity contribution in [3.8, 4) is 0 Å². The molecule has 0 bridgehead atoms. The van der Waals surface area contributed by atoms with Crippen LogP contribution in [0.2, 0.25) is 0 Å². The first kappa shape index (κ1) is 29.3. The molecule has 1 saturated heterocycles. The average molecular weight is 499 g/mol. The summed E-state index contributed by atoms with van der Waals surface area (Å²) in [7, 11) is 0. The quantitative estimate of drug-likeness (QED) is 0.182. The Morgan fingerprint density at radius 2 is 1.51 bits per heavy atom. The van der Waals surface area contributed by atoms with Crippen molar-refractivity contribution < 1.29 is 33.6 Å². The maximum Gasteiger partial charge on any atom is 0.243 e. The van der Waals surface area contributed by atoms with Gasteiger partial charge in [0.15, 0.2) is 0 Å². The van der Waals surface area contributed by atoms with Gasteiger partial charge in [-0.1, -0.05) is 0 Å². The second-order valence-corrected chi connectivity index (χ2v) is 8.36. The van der Waals surface area contributed by atoms with Crippen molar-refractivity contribution in [3.05, 3.63) is 0 Å². The molecule has 1 aliphatic heterocycles. The molecule has 7 amide bonds. The van der Waals surface area contributed by atoms with Crippen LogP contribution in [0.3, 0.4) is 0 Å². The van der Waals surface area contributed by atoms with E-state index in [4.69, 9.17) is 11.5 Å². The van der Waals surface area contributed by atoms with Gasteiger partial charge in [0.25, 0.3) is 0 Å². The fourth-order valence-electron chi connectivity index (χ4n) is 2.91. The number of nitrogens with two attached hydrogens (primary N) is 2. The van der Waals surface area contributed by atoms with Crippen LogP contribution in [0.5, 0.6) is 0 Å². The van der Waals surface area contributed by atoms with Crippen molar-refractivity contribution in [2.24, 2.45) is 11.5 Å². The number of hydrogen-bond donors (Lipinski definition) is 8. The van der Waals surface area contributed by atoms with Crippen LogP contribution in [0.4, 0.5) is 0 Å². The molecule has 1 aliphatic rings. The molecule has 0 radical (unpaired) electrons. The highest BCUT2D eigenvalue weighted by Crippen LogP contribution is 2.06. The van der Waals surface area contributed by atoms with Crippen LogP contribution in [0.1, 0.15) is 40.5 Å². The third-order valence-electron chi connectivity index (χ3n) is 5.16. The Morgan fingerprint density at radius 1 is 0.914 bits per heavy atom. The van der Waals surface area contributed by atoms with E-state index < -0.39 is 84.1 Å². The Morgan fingerprint density at radius 3 is 2.09 bits per heavy atom. The minimum absolute atomic E-state index is 0.150. The van der Waals surface area contributed by atoms with Gasteiger partial charge in [0.2, 0.25) is 41.4 Å². The van der Waals surface area contributed by atoms with Gasteiger partial charge in [-0.05, 0) is 40.5 Å². The molecule has 0 aromatic carbocycles. The Hall–Kier alpha value is -3.75. The van der Waals surface area contributed by atoms with Gasteiger partial charge in [0, 0.05) is 0 Å². The van der Waals surface area contributed by atoms with E-state index in [1.54, 1.807) is 0 Å². The van der Waals surface area contributed by atoms with E-state index in [9.17, 15) is 33.6 Å². The molecule has 6 atom stereocenters. The van der Waals surface area contributed by atoms with Crippen molar-refractivity contribution in [2.75, 3.05) is 6.54 Å². The first-order valence-electron chi connectivity index (χ1n) is 11.1. The fourth-order valence-corrected chi connectivity index (χ4v) is 2.91. The molecule has 0 aliphatic carbocycles. The van der Waals surface area contributed by atoms with E-state index in [0.29, 0.717) is 0 Å². The lowest BCUT2D eigenvalue weighted by Gasteiger charge is -2.25. The number of hydrogen-bond acceptors (Lipinski definition) is 8. The zero-order valence-electron chi connectivity index (χ0n) is 20.1. The number of carbonyl (C=O) groups is 7. The second-order valence-electron chi connectivity index (χ2n) is 8.36. The van der Waals surface area contributed by atoms with Crippen LogP contribution in [0.25, 0.3) is 0 Å². The van der Waals surface area contributed by atoms with Gasteiger partial charge in [-0.2, -0.15) is 0 Å². The highest BCUT2D eigenvalue weighted by molar-refractivity contribution is 5.96. The van der Waals surface area contributed by atoms with Crippen molar-refractivity contribution >= 4 is 41.4 Å². The van der Waals surface area contributed by atoms with Crippen molar-refractivity contribution in [1.29, 1.82) is 0 Å². The highest BCUT2D eigenvalue weighted by atomic mass is 16.2. The maximum absolute atomic E-state index is 12.8. The molecule has 196 valence electrons. The minimum atomic E-state index is -1.26. The predicted molar refractivity (Wildman–Crippen MR) is 122 cm³/mol. The smallest absolute Gasteiger partial charge is 0.243 e. The zero-order chi connectivity index (χ0) is 26.9. The lowest BCUT2D eigenvalue weighted by atomic mass is 10.0. The maximum atomic E-state index is 12.8. The molecule has 0 aromatic heterocycles. The standard InChI is InChI=1S/C20H34N8O7/c1-8(21)16(31)27-12-5-6-13(19(34)25-9(2)15(22)30)28-18(33)11(4)24-14(29)7-23-17(32)10(3)26-20(12)35/h8-13H,5-7,21H2,1-4H3,(H2,22,30)(H,23,32)(H,24,29)(H,25,34)(H,26,35)(H,27,31)(H,28,33)/t8-,9-,10-,11-,12-,13-/m0/s1. The zero-order valence-corrected chi connectivity index (χ0v) is 20.1. The Kier molecular flexibility index (Phi) is 11.1. The minimum Gasteiger partial charge on any atom is -0.368 e. The summed E-state index contributed by atoms with van der Waals surface area (Å²) in [5.74, 6) is -5.07. The lowest BCUT2D eigenvalue weighted by Crippen LogP contribution is -2.56. The average Bonchev–Trinajstić information content (AvgIpc) is 2.77. The van der Waals surface area contributed by atoms with Crippen LogP contribution < -0.4 is 43.4 Å². The van der Waals surface area contributed by atoms with Crippen LogP contribution in [-0.4, -0.2) is 84.1 Å². The van der Waals surface area contributed by atoms with Crippen molar-refractivity contribution in [1.82, 2.24) is 31.9 Å². The van der Waals surface area contributed by atoms with Crippen LogP contribution in [0.15, 0.2) is 0 Å². The normalized spacial score (nSPS) is 26.3. The molecule has 35 heavy (non-hydrogen) atoms. The summed E-state index contributed by atoms with van der Waals surface area (Å²) in [5, 5.41) is 14.4. The fraction of sp³-hybridized carbons (Fsp3) is 0.650. The highest BCUT2D eigenvalue weighted by Gasteiger charge is 2.31. The summed E-state index contributed by atoms with van der Waals surface area (Å²) >= 11 is 0. The monoisotopic (exact) mass is 498 g/mol. The van der Waals surface area contributed by atoms with Gasteiger partial charge in [-0.15, -0.1) is 0 Å². The number of primary amides is 1. The third kappa shape index (κ3) is 9.56. The van der Waals surface area contributed by atoms with Gasteiger partial charge in [-0.25, -0.2) is 0 Å². The predicted octanol–water partition coefficient (Wildman–Crippen LogP) is -4.79. The van der Waals surface area contributed by atoms with Crippen LogP contribution in [0, 0.1) is 0 Å². The van der Waals surface area contributed by atoms with Gasteiger partial charge >= 0.3 is 0 Å². The molecular weight excluding hydrogens is 464 g/mol. The summed E-state index contributed by atoms with van der Waals surface area (Å²) in [6, 6.07) is -6.63. The number of amides is 7. The topological polar surface area (TPSA) is 244 Å². The third-order valence-corrected chi connectivity index (χ3v) is 5.16. The van der Waals surface area contributed by atoms with E-state index in [1.165, 1.54) is 27.7 Å². The lowest BCUT2D eigenvalue weighted by molar-refractivity contribution is -0.133. The molecule has 15 nitrogen and oxygen atoms in total. The Bertz CT molecular complexity index is 862. The summed E-state index contributed by atoms with van der Waals surface area (Å²) in [5.41, 5.74) is 10.7. The molecule has 1 heterocycles. The Balaban J connectivity index is 3.25. The van der Waals surface area contributed by atoms with Crippen LogP contribution in [-0.2, 0) is 33.6 Å². The van der Waals surface area contributed by atoms with Crippen molar-refractivity contribution in [2.45, 2.75) is 76.8 Å². The van der Waals surface area contributed by atoms with E-state index in [0.717, 1.165) is 0 Å². The number of rotatable bonds is 5. The molecule has 1 fully saturated rings. The molecule has 0 aromatic rings. The first-order valence-corrected chi connectivity index (χ1v) is 11.1. The summed E-state index contributed by atoms with van der Waals surface area (Å²) in [6.07, 6.45) is -0.315. The summed E-state index contributed by atoms with van der Waals surface area (Å²) in [4.78, 5) is 86.0. The molecule has 0 spiro atoms. The number of nitrogens with one attached hydrogen (secondary N) is 6. The molecule has 1 rings (SSSR count).